The van der Waals surface area contributed by atoms with Crippen LogP contribution in [0, 0.1) is 6.92 Å². The predicted molar refractivity (Wildman–Crippen MR) is 75.5 cm³/mol. The van der Waals surface area contributed by atoms with Crippen LogP contribution in [0.2, 0.25) is 0 Å². The second-order valence-electron chi connectivity index (χ2n) is 4.56. The van der Waals surface area contributed by atoms with Crippen molar-refractivity contribution in [3.63, 3.8) is 0 Å². The van der Waals surface area contributed by atoms with Crippen molar-refractivity contribution in [2.45, 2.75) is 33.1 Å². The summed E-state index contributed by atoms with van der Waals surface area (Å²) in [6.45, 7) is 6.52. The lowest BCUT2D eigenvalue weighted by Crippen LogP contribution is -2.14. The fourth-order valence-electron chi connectivity index (χ4n) is 1.59. The highest BCUT2D eigenvalue weighted by Gasteiger charge is 2.12. The first-order valence-corrected chi connectivity index (χ1v) is 6.36. The fraction of sp³-hybridized carbons (Fsp3) is 0.615. The smallest absolute Gasteiger partial charge is 0.307 e. The van der Waals surface area contributed by atoms with E-state index in [1.54, 1.807) is 0 Å². The third kappa shape index (κ3) is 4.08. The van der Waals surface area contributed by atoms with Crippen molar-refractivity contribution in [3.8, 4) is 0 Å². The Hall–Kier alpha value is -1.85. The third-order valence-corrected chi connectivity index (χ3v) is 2.77. The summed E-state index contributed by atoms with van der Waals surface area (Å²) in [5.41, 5.74) is 0.941. The SMILES string of the molecule is CNc1nc(C(C)C)nc(NCCC(=O)OC)c1C. The van der Waals surface area contributed by atoms with Crippen molar-refractivity contribution >= 4 is 17.6 Å². The molecule has 106 valence electrons. The molecule has 0 saturated heterocycles. The minimum Gasteiger partial charge on any atom is -0.469 e. The number of hydrogen-bond acceptors (Lipinski definition) is 6. The van der Waals surface area contributed by atoms with Crippen LogP contribution in [0.25, 0.3) is 0 Å². The number of hydrogen-bond donors (Lipinski definition) is 2. The first kappa shape index (κ1) is 15.2. The van der Waals surface area contributed by atoms with Crippen molar-refractivity contribution in [1.82, 2.24) is 9.97 Å². The van der Waals surface area contributed by atoms with Gasteiger partial charge in [0.15, 0.2) is 0 Å². The van der Waals surface area contributed by atoms with Gasteiger partial charge >= 0.3 is 5.97 Å². The van der Waals surface area contributed by atoms with Crippen LogP contribution in [0.5, 0.6) is 0 Å². The van der Waals surface area contributed by atoms with Crippen LogP contribution in [0.3, 0.4) is 0 Å². The van der Waals surface area contributed by atoms with Crippen LogP contribution in [0.15, 0.2) is 0 Å². The average Bonchev–Trinajstić information content (AvgIpc) is 2.40. The topological polar surface area (TPSA) is 76.1 Å². The zero-order valence-corrected chi connectivity index (χ0v) is 12.2. The maximum absolute atomic E-state index is 11.1. The monoisotopic (exact) mass is 266 g/mol. The van der Waals surface area contributed by atoms with Crippen molar-refractivity contribution in [2.24, 2.45) is 0 Å². The molecule has 2 N–H and O–H groups in total. The molecular formula is C13H22N4O2. The number of ether oxygens (including phenoxy) is 1. The van der Waals surface area contributed by atoms with E-state index >= 15 is 0 Å². The van der Waals surface area contributed by atoms with E-state index in [-0.39, 0.29) is 11.9 Å². The molecule has 0 atom stereocenters. The van der Waals surface area contributed by atoms with E-state index in [2.05, 4.69) is 25.3 Å². The van der Waals surface area contributed by atoms with Gasteiger partial charge in [0.05, 0.1) is 13.5 Å². The summed E-state index contributed by atoms with van der Waals surface area (Å²) in [5, 5.41) is 6.21. The van der Waals surface area contributed by atoms with Gasteiger partial charge in [-0.05, 0) is 6.92 Å². The molecule has 0 fully saturated rings. The molecule has 1 heterocycles. The van der Waals surface area contributed by atoms with Gasteiger partial charge < -0.3 is 15.4 Å². The molecule has 1 aromatic rings. The Kier molecular flexibility index (Phi) is 5.54. The largest absolute Gasteiger partial charge is 0.469 e. The van der Waals surface area contributed by atoms with E-state index in [9.17, 15) is 4.79 Å². The van der Waals surface area contributed by atoms with E-state index < -0.39 is 0 Å². The van der Waals surface area contributed by atoms with E-state index in [0.717, 1.165) is 23.0 Å². The Morgan fingerprint density at radius 2 is 1.95 bits per heavy atom. The Bertz CT molecular complexity index is 447. The molecule has 0 aliphatic rings. The average molecular weight is 266 g/mol. The van der Waals surface area contributed by atoms with E-state index in [4.69, 9.17) is 0 Å². The molecule has 0 aromatic carbocycles. The summed E-state index contributed by atoms with van der Waals surface area (Å²) in [6, 6.07) is 0. The molecule has 0 saturated carbocycles. The molecule has 1 aromatic heterocycles. The molecule has 6 heteroatoms. The van der Waals surface area contributed by atoms with Crippen LogP contribution in [0.4, 0.5) is 11.6 Å². The number of rotatable bonds is 6. The van der Waals surface area contributed by atoms with Gasteiger partial charge in [-0.1, -0.05) is 13.8 Å². The summed E-state index contributed by atoms with van der Waals surface area (Å²) in [6.07, 6.45) is 0.311. The van der Waals surface area contributed by atoms with E-state index in [0.29, 0.717) is 13.0 Å². The maximum atomic E-state index is 11.1. The number of methoxy groups -OCH3 is 1. The van der Waals surface area contributed by atoms with Gasteiger partial charge in [0, 0.05) is 25.1 Å². The quantitative estimate of drug-likeness (QED) is 0.766. The Balaban J connectivity index is 2.86. The highest BCUT2D eigenvalue weighted by molar-refractivity contribution is 5.70. The minimum atomic E-state index is -0.239. The normalized spacial score (nSPS) is 10.4. The molecule has 0 aliphatic carbocycles. The summed E-state index contributed by atoms with van der Waals surface area (Å²) in [5.74, 6) is 2.34. The number of esters is 1. The molecule has 0 bridgehead atoms. The Morgan fingerprint density at radius 3 is 2.47 bits per heavy atom. The lowest BCUT2D eigenvalue weighted by atomic mass is 10.2. The molecule has 1 rings (SSSR count). The van der Waals surface area contributed by atoms with Crippen molar-refractivity contribution in [3.05, 3.63) is 11.4 Å². The summed E-state index contributed by atoms with van der Waals surface area (Å²) in [4.78, 5) is 20.0. The van der Waals surface area contributed by atoms with Gasteiger partial charge in [0.1, 0.15) is 17.5 Å². The zero-order chi connectivity index (χ0) is 14.4. The number of nitrogens with zero attached hydrogens (tertiary/aromatic N) is 2. The molecule has 0 amide bonds. The summed E-state index contributed by atoms with van der Waals surface area (Å²) in [7, 11) is 3.21. The van der Waals surface area contributed by atoms with Crippen LogP contribution < -0.4 is 10.6 Å². The minimum absolute atomic E-state index is 0.239. The highest BCUT2D eigenvalue weighted by atomic mass is 16.5. The van der Waals surface area contributed by atoms with Gasteiger partial charge in [0.25, 0.3) is 0 Å². The molecule has 19 heavy (non-hydrogen) atoms. The predicted octanol–water partition coefficient (Wildman–Crippen LogP) is 1.93. The molecule has 0 spiro atoms. The fourth-order valence-corrected chi connectivity index (χ4v) is 1.59. The van der Waals surface area contributed by atoms with Crippen molar-refractivity contribution in [2.75, 3.05) is 31.3 Å². The van der Waals surface area contributed by atoms with Crippen LogP contribution >= 0.6 is 0 Å². The van der Waals surface area contributed by atoms with E-state index in [1.165, 1.54) is 7.11 Å². The van der Waals surface area contributed by atoms with Crippen molar-refractivity contribution in [1.29, 1.82) is 0 Å². The lowest BCUT2D eigenvalue weighted by molar-refractivity contribution is -0.140. The number of carbonyl (C=O) groups is 1. The molecule has 0 radical (unpaired) electrons. The first-order chi connectivity index (χ1) is 8.99. The Morgan fingerprint density at radius 1 is 1.32 bits per heavy atom. The number of carbonyl (C=O) groups excluding carboxylic acids is 1. The summed E-state index contributed by atoms with van der Waals surface area (Å²) >= 11 is 0. The summed E-state index contributed by atoms with van der Waals surface area (Å²) < 4.78 is 4.60. The second kappa shape index (κ2) is 6.92. The van der Waals surface area contributed by atoms with Gasteiger partial charge in [-0.3, -0.25) is 4.79 Å². The van der Waals surface area contributed by atoms with Gasteiger partial charge in [-0.15, -0.1) is 0 Å². The lowest BCUT2D eigenvalue weighted by Gasteiger charge is -2.14. The molecule has 0 unspecified atom stereocenters. The molecular weight excluding hydrogens is 244 g/mol. The van der Waals surface area contributed by atoms with Crippen molar-refractivity contribution < 1.29 is 9.53 Å². The molecule has 6 nitrogen and oxygen atoms in total. The number of nitrogens with one attached hydrogen (secondary N) is 2. The van der Waals surface area contributed by atoms with Crippen LogP contribution in [0.1, 0.15) is 37.6 Å². The standard InChI is InChI=1S/C13H22N4O2/c1-8(2)11-16-12(14-4)9(3)13(17-11)15-7-6-10(18)19-5/h8H,6-7H2,1-5H3,(H2,14,15,16,17). The zero-order valence-electron chi connectivity index (χ0n) is 12.2. The third-order valence-electron chi connectivity index (χ3n) is 2.77. The van der Waals surface area contributed by atoms with Gasteiger partial charge in [-0.2, -0.15) is 0 Å². The number of anilines is 2. The highest BCUT2D eigenvalue weighted by Crippen LogP contribution is 2.22. The van der Waals surface area contributed by atoms with Gasteiger partial charge in [0.2, 0.25) is 0 Å². The number of aromatic nitrogens is 2. The maximum Gasteiger partial charge on any atom is 0.307 e. The molecule has 0 aliphatic heterocycles. The van der Waals surface area contributed by atoms with Crippen LogP contribution in [-0.2, 0) is 9.53 Å². The van der Waals surface area contributed by atoms with Gasteiger partial charge in [-0.25, -0.2) is 9.97 Å². The first-order valence-electron chi connectivity index (χ1n) is 6.36. The van der Waals surface area contributed by atoms with Crippen LogP contribution in [-0.4, -0.2) is 36.6 Å². The van der Waals surface area contributed by atoms with E-state index in [1.807, 2.05) is 27.8 Å². The second-order valence-corrected chi connectivity index (χ2v) is 4.56. The Labute approximate surface area is 114 Å².